The summed E-state index contributed by atoms with van der Waals surface area (Å²) in [6.45, 7) is 4.51. The van der Waals surface area contributed by atoms with E-state index in [1.165, 1.54) is 16.1 Å². The maximum atomic E-state index is 9.30. The van der Waals surface area contributed by atoms with Gasteiger partial charge in [0.05, 0.1) is 10.0 Å². The van der Waals surface area contributed by atoms with Gasteiger partial charge in [0.25, 0.3) is 0 Å². The smallest absolute Gasteiger partial charge is 0.105 e. The summed E-state index contributed by atoms with van der Waals surface area (Å²) in [6, 6.07) is 2.75. The summed E-state index contributed by atoms with van der Waals surface area (Å²) in [7, 11) is 0. The lowest BCUT2D eigenvalue weighted by atomic mass is 9.85. The highest BCUT2D eigenvalue weighted by Crippen LogP contribution is 2.42. The first-order chi connectivity index (χ1) is 11.1. The Morgan fingerprint density at radius 2 is 2.26 bits per heavy atom. The van der Waals surface area contributed by atoms with Crippen molar-refractivity contribution in [2.24, 2.45) is 0 Å². The van der Waals surface area contributed by atoms with Crippen molar-refractivity contribution in [3.05, 3.63) is 38.6 Å². The van der Waals surface area contributed by atoms with Crippen molar-refractivity contribution in [1.82, 2.24) is 15.3 Å². The van der Waals surface area contributed by atoms with Crippen molar-refractivity contribution in [2.45, 2.75) is 57.5 Å². The van der Waals surface area contributed by atoms with Crippen LogP contribution in [0.5, 0.6) is 0 Å². The fraction of sp³-hybridized carbons (Fsp3) is 0.588. The fourth-order valence-corrected chi connectivity index (χ4v) is 4.97. The molecule has 23 heavy (non-hydrogen) atoms. The van der Waals surface area contributed by atoms with Gasteiger partial charge in [0.1, 0.15) is 5.82 Å². The highest BCUT2D eigenvalue weighted by Gasteiger charge is 2.31. The van der Waals surface area contributed by atoms with E-state index in [4.69, 9.17) is 11.6 Å². The lowest BCUT2D eigenvalue weighted by Crippen LogP contribution is -2.38. The van der Waals surface area contributed by atoms with Gasteiger partial charge in [-0.25, -0.2) is 4.98 Å². The van der Waals surface area contributed by atoms with Crippen LogP contribution in [0.4, 0.5) is 0 Å². The van der Waals surface area contributed by atoms with Gasteiger partial charge in [-0.2, -0.15) is 0 Å². The van der Waals surface area contributed by atoms with Crippen LogP contribution in [0.15, 0.2) is 12.3 Å². The maximum Gasteiger partial charge on any atom is 0.105 e. The summed E-state index contributed by atoms with van der Waals surface area (Å²) in [5.41, 5.74) is 2.38. The minimum absolute atomic E-state index is 0.171. The van der Waals surface area contributed by atoms with Crippen molar-refractivity contribution in [3.8, 4) is 0 Å². The van der Waals surface area contributed by atoms with Crippen LogP contribution in [0.1, 0.15) is 60.6 Å². The van der Waals surface area contributed by atoms with Crippen LogP contribution in [0.25, 0.3) is 0 Å². The largest absolute Gasteiger partial charge is 0.396 e. The Labute approximate surface area is 146 Å². The maximum absolute atomic E-state index is 9.30. The highest BCUT2D eigenvalue weighted by molar-refractivity contribution is 7.16. The number of H-pyrrole nitrogens is 1. The van der Waals surface area contributed by atoms with E-state index in [0.717, 1.165) is 29.4 Å². The van der Waals surface area contributed by atoms with Crippen molar-refractivity contribution in [3.63, 3.8) is 0 Å². The number of piperidine rings is 1. The number of hydrogen-bond acceptors (Lipinski definition) is 4. The van der Waals surface area contributed by atoms with Crippen LogP contribution >= 0.6 is 22.9 Å². The number of nitrogens with one attached hydrogen (secondary N) is 2. The average Bonchev–Trinajstić information content (AvgIpc) is 3.13. The number of aromatic nitrogens is 2. The Balaban J connectivity index is 1.83. The highest BCUT2D eigenvalue weighted by atomic mass is 35.5. The SMILES string of the molecule is CCc1ncc(C2CC(c3sc(Cl)cc3CCO)CC(C)N2)[nH]1. The second-order valence-corrected chi connectivity index (χ2v) is 8.06. The molecular weight excluding hydrogens is 330 g/mol. The Kier molecular flexibility index (Phi) is 5.42. The minimum Gasteiger partial charge on any atom is -0.396 e. The standard InChI is InChI=1S/C17H24ClN3OS/c1-3-16-19-9-14(21-16)13-7-12(6-10(2)20-13)17-11(4-5-22)8-15(18)23-17/h8-10,12-13,20,22H,3-7H2,1-2H3,(H,19,21). The van der Waals surface area contributed by atoms with Gasteiger partial charge in [0.2, 0.25) is 0 Å². The first kappa shape index (κ1) is 17.0. The van der Waals surface area contributed by atoms with Crippen LogP contribution in [0, 0.1) is 0 Å². The predicted molar refractivity (Wildman–Crippen MR) is 95.4 cm³/mol. The molecule has 1 aliphatic rings. The molecule has 2 aromatic heterocycles. The lowest BCUT2D eigenvalue weighted by Gasteiger charge is -2.34. The van der Waals surface area contributed by atoms with Crippen LogP contribution in [-0.2, 0) is 12.8 Å². The molecule has 126 valence electrons. The lowest BCUT2D eigenvalue weighted by molar-refractivity contribution is 0.293. The second-order valence-electron chi connectivity index (χ2n) is 6.34. The van der Waals surface area contributed by atoms with Gasteiger partial charge in [-0.1, -0.05) is 18.5 Å². The number of aryl methyl sites for hydroxylation is 1. The molecule has 3 rings (SSSR count). The van der Waals surface area contributed by atoms with E-state index >= 15 is 0 Å². The van der Waals surface area contributed by atoms with Gasteiger partial charge in [0, 0.05) is 36.2 Å². The molecule has 6 heteroatoms. The summed E-state index contributed by atoms with van der Waals surface area (Å²) in [6.07, 6.45) is 5.70. The van der Waals surface area contributed by atoms with E-state index in [0.29, 0.717) is 24.4 Å². The summed E-state index contributed by atoms with van der Waals surface area (Å²) in [5, 5.41) is 13.0. The monoisotopic (exact) mass is 353 g/mol. The average molecular weight is 354 g/mol. The molecule has 1 saturated heterocycles. The first-order valence-electron chi connectivity index (χ1n) is 8.29. The third-order valence-electron chi connectivity index (χ3n) is 4.57. The summed E-state index contributed by atoms with van der Waals surface area (Å²) in [4.78, 5) is 9.22. The summed E-state index contributed by atoms with van der Waals surface area (Å²) >= 11 is 7.91. The second kappa shape index (κ2) is 7.34. The van der Waals surface area contributed by atoms with Crippen LogP contribution < -0.4 is 5.32 Å². The van der Waals surface area contributed by atoms with E-state index in [9.17, 15) is 5.11 Å². The first-order valence-corrected chi connectivity index (χ1v) is 9.49. The van der Waals surface area contributed by atoms with E-state index in [-0.39, 0.29) is 6.61 Å². The summed E-state index contributed by atoms with van der Waals surface area (Å²) < 4.78 is 0.820. The van der Waals surface area contributed by atoms with E-state index in [1.54, 1.807) is 11.3 Å². The zero-order valence-corrected chi connectivity index (χ0v) is 15.2. The predicted octanol–water partition coefficient (Wildman–Crippen LogP) is 3.82. The number of aliphatic hydroxyl groups is 1. The Bertz CT molecular complexity index is 654. The molecule has 3 N–H and O–H groups in total. The molecule has 4 nitrogen and oxygen atoms in total. The number of aromatic amines is 1. The van der Waals surface area contributed by atoms with Crippen LogP contribution in [-0.4, -0.2) is 27.7 Å². The van der Waals surface area contributed by atoms with Gasteiger partial charge in [0.15, 0.2) is 0 Å². The molecule has 0 spiro atoms. The molecule has 0 radical (unpaired) electrons. The Hall–Kier alpha value is -0.880. The molecule has 1 fully saturated rings. The van der Waals surface area contributed by atoms with E-state index in [1.807, 2.05) is 12.3 Å². The molecule has 0 saturated carbocycles. The number of thiophene rings is 1. The van der Waals surface area contributed by atoms with E-state index in [2.05, 4.69) is 29.1 Å². The van der Waals surface area contributed by atoms with Gasteiger partial charge in [-0.3, -0.25) is 0 Å². The number of aliphatic hydroxyl groups excluding tert-OH is 1. The van der Waals surface area contributed by atoms with Gasteiger partial charge >= 0.3 is 0 Å². The molecule has 2 aromatic rings. The molecule has 3 unspecified atom stereocenters. The van der Waals surface area contributed by atoms with Crippen LogP contribution in [0.2, 0.25) is 4.34 Å². The number of imidazole rings is 1. The molecule has 3 heterocycles. The molecule has 0 bridgehead atoms. The minimum atomic E-state index is 0.171. The van der Waals surface area contributed by atoms with Crippen LogP contribution in [0.3, 0.4) is 0 Å². The summed E-state index contributed by atoms with van der Waals surface area (Å²) in [5.74, 6) is 1.51. The van der Waals surface area contributed by atoms with E-state index < -0.39 is 0 Å². The normalized spacial score (nSPS) is 25.0. The third-order valence-corrected chi connectivity index (χ3v) is 6.03. The van der Waals surface area contributed by atoms with Crippen molar-refractivity contribution >= 4 is 22.9 Å². The number of hydrogen-bond donors (Lipinski definition) is 3. The quantitative estimate of drug-likeness (QED) is 0.765. The Morgan fingerprint density at radius 3 is 2.96 bits per heavy atom. The molecule has 0 amide bonds. The molecule has 1 aliphatic heterocycles. The molecular formula is C17H24ClN3OS. The molecule has 0 aromatic carbocycles. The molecule has 0 aliphatic carbocycles. The van der Waals surface area contributed by atoms with Crippen molar-refractivity contribution in [1.29, 1.82) is 0 Å². The topological polar surface area (TPSA) is 60.9 Å². The zero-order valence-electron chi connectivity index (χ0n) is 13.6. The van der Waals surface area contributed by atoms with Crippen molar-refractivity contribution in [2.75, 3.05) is 6.61 Å². The number of nitrogens with zero attached hydrogens (tertiary/aromatic N) is 1. The van der Waals surface area contributed by atoms with Gasteiger partial charge < -0.3 is 15.4 Å². The zero-order chi connectivity index (χ0) is 16.4. The van der Waals surface area contributed by atoms with Crippen molar-refractivity contribution < 1.29 is 5.11 Å². The number of halogens is 1. The van der Waals surface area contributed by atoms with Gasteiger partial charge in [-0.15, -0.1) is 11.3 Å². The Morgan fingerprint density at radius 1 is 1.43 bits per heavy atom. The van der Waals surface area contributed by atoms with Gasteiger partial charge in [-0.05, 0) is 43.7 Å². The fourth-order valence-electron chi connectivity index (χ4n) is 3.52. The number of rotatable bonds is 5. The third kappa shape index (κ3) is 3.79. The molecule has 3 atom stereocenters.